The van der Waals surface area contributed by atoms with E-state index in [4.69, 9.17) is 4.74 Å². The maximum absolute atomic E-state index is 11.2. The molecule has 0 N–H and O–H groups in total. The van der Waals surface area contributed by atoms with Gasteiger partial charge in [0.25, 0.3) is 0 Å². The van der Waals surface area contributed by atoms with Crippen LogP contribution in [-0.4, -0.2) is 25.4 Å². The summed E-state index contributed by atoms with van der Waals surface area (Å²) in [4.78, 5) is 18.6. The highest BCUT2D eigenvalue weighted by Crippen LogP contribution is 2.34. The molecule has 21 heavy (non-hydrogen) atoms. The summed E-state index contributed by atoms with van der Waals surface area (Å²) in [7, 11) is 3.60. The van der Waals surface area contributed by atoms with E-state index in [0.29, 0.717) is 5.92 Å². The molecule has 0 bridgehead atoms. The van der Waals surface area contributed by atoms with Gasteiger partial charge in [0.15, 0.2) is 11.4 Å². The molecule has 2 aromatic rings. The van der Waals surface area contributed by atoms with Gasteiger partial charge < -0.3 is 9.64 Å². The van der Waals surface area contributed by atoms with E-state index in [1.54, 1.807) is 7.11 Å². The van der Waals surface area contributed by atoms with Gasteiger partial charge in [0.1, 0.15) is 5.75 Å². The summed E-state index contributed by atoms with van der Waals surface area (Å²) in [5.41, 5.74) is 1.91. The van der Waals surface area contributed by atoms with Gasteiger partial charge in [-0.2, -0.15) is 0 Å². The summed E-state index contributed by atoms with van der Waals surface area (Å²) in [5.74, 6) is 1.11. The molecule has 1 heterocycles. The normalized spacial score (nSPS) is 12.0. The first-order valence-corrected chi connectivity index (χ1v) is 7.76. The van der Waals surface area contributed by atoms with Crippen molar-refractivity contribution in [2.75, 3.05) is 19.1 Å². The van der Waals surface area contributed by atoms with Crippen LogP contribution in [0.2, 0.25) is 0 Å². The first-order chi connectivity index (χ1) is 10.1. The molecule has 0 amide bonds. The minimum absolute atomic E-state index is 0.291. The number of methoxy groups -OCH3 is 1. The topological polar surface area (TPSA) is 42.4 Å². The van der Waals surface area contributed by atoms with Crippen molar-refractivity contribution in [1.82, 2.24) is 4.98 Å². The van der Waals surface area contributed by atoms with Crippen LogP contribution < -0.4 is 9.64 Å². The Morgan fingerprint density at radius 2 is 2.05 bits per heavy atom. The minimum atomic E-state index is 0.291. The molecule has 0 spiro atoms. The molecule has 0 aliphatic heterocycles. The predicted octanol–water partition coefficient (Wildman–Crippen LogP) is 4.25. The summed E-state index contributed by atoms with van der Waals surface area (Å²) in [6.45, 7) is 4.20. The molecule has 0 fully saturated rings. The summed E-state index contributed by atoms with van der Waals surface area (Å²) >= 11 is 1.43. The van der Waals surface area contributed by atoms with Crippen molar-refractivity contribution < 1.29 is 9.53 Å². The number of aromatic nitrogens is 1. The number of carbonyl (C=O) groups excluding carboxylic acids is 1. The SMILES string of the molecule is CCC(C)c1nc(N(C)c2ccc(OC)cc2)sc1C=O. The zero-order chi connectivity index (χ0) is 15.4. The Hall–Kier alpha value is -1.88. The van der Waals surface area contributed by atoms with Crippen molar-refractivity contribution in [1.29, 1.82) is 0 Å². The molecule has 1 aromatic heterocycles. The van der Waals surface area contributed by atoms with E-state index in [1.165, 1.54) is 11.3 Å². The summed E-state index contributed by atoms with van der Waals surface area (Å²) in [6, 6.07) is 7.78. The number of aldehydes is 1. The van der Waals surface area contributed by atoms with Crippen molar-refractivity contribution in [2.24, 2.45) is 0 Å². The molecular weight excluding hydrogens is 284 g/mol. The fourth-order valence-electron chi connectivity index (χ4n) is 2.02. The second-order valence-electron chi connectivity index (χ2n) is 4.93. The van der Waals surface area contributed by atoms with Crippen LogP contribution in [0.1, 0.15) is 41.6 Å². The van der Waals surface area contributed by atoms with Gasteiger partial charge in [0, 0.05) is 12.7 Å². The van der Waals surface area contributed by atoms with E-state index in [-0.39, 0.29) is 0 Å². The van der Waals surface area contributed by atoms with Crippen LogP contribution in [0.5, 0.6) is 5.75 Å². The molecule has 1 atom stereocenters. The number of anilines is 2. The Balaban J connectivity index is 2.31. The third-order valence-corrected chi connectivity index (χ3v) is 4.68. The lowest BCUT2D eigenvalue weighted by Crippen LogP contribution is -2.09. The number of hydrogen-bond donors (Lipinski definition) is 0. The first kappa shape index (κ1) is 15.5. The van der Waals surface area contributed by atoms with Crippen LogP contribution in [0.15, 0.2) is 24.3 Å². The van der Waals surface area contributed by atoms with Crippen molar-refractivity contribution in [3.05, 3.63) is 34.8 Å². The average molecular weight is 304 g/mol. The second kappa shape index (κ2) is 6.72. The van der Waals surface area contributed by atoms with Gasteiger partial charge in [0.05, 0.1) is 17.7 Å². The maximum Gasteiger partial charge on any atom is 0.190 e. The molecular formula is C16H20N2O2S. The molecule has 2 rings (SSSR count). The Labute approximate surface area is 129 Å². The molecule has 0 saturated carbocycles. The van der Waals surface area contributed by atoms with Gasteiger partial charge in [-0.25, -0.2) is 4.98 Å². The molecule has 1 unspecified atom stereocenters. The van der Waals surface area contributed by atoms with Crippen molar-refractivity contribution >= 4 is 28.4 Å². The fraction of sp³-hybridized carbons (Fsp3) is 0.375. The van der Waals surface area contributed by atoms with Gasteiger partial charge >= 0.3 is 0 Å². The number of thiazole rings is 1. The largest absolute Gasteiger partial charge is 0.497 e. The number of nitrogens with zero attached hydrogens (tertiary/aromatic N) is 2. The molecule has 5 heteroatoms. The van der Waals surface area contributed by atoms with Gasteiger partial charge in [-0.3, -0.25) is 4.79 Å². The monoisotopic (exact) mass is 304 g/mol. The lowest BCUT2D eigenvalue weighted by molar-refractivity contribution is 0.112. The third kappa shape index (κ3) is 3.24. The molecule has 0 aliphatic carbocycles. The van der Waals surface area contributed by atoms with Crippen LogP contribution in [0, 0.1) is 0 Å². The molecule has 0 aliphatic rings. The van der Waals surface area contributed by atoms with E-state index in [9.17, 15) is 4.79 Å². The number of hydrogen-bond acceptors (Lipinski definition) is 5. The van der Waals surface area contributed by atoms with Crippen LogP contribution in [0.4, 0.5) is 10.8 Å². The summed E-state index contributed by atoms with van der Waals surface area (Å²) < 4.78 is 5.16. The lowest BCUT2D eigenvalue weighted by Gasteiger charge is -2.16. The van der Waals surface area contributed by atoms with E-state index in [0.717, 1.165) is 39.8 Å². The Bertz CT molecular complexity index is 607. The highest BCUT2D eigenvalue weighted by molar-refractivity contribution is 7.17. The number of carbonyl (C=O) groups is 1. The van der Waals surface area contributed by atoms with Crippen LogP contribution in [0.3, 0.4) is 0 Å². The highest BCUT2D eigenvalue weighted by atomic mass is 32.1. The summed E-state index contributed by atoms with van der Waals surface area (Å²) in [5, 5.41) is 0.831. The fourth-order valence-corrected chi connectivity index (χ4v) is 3.00. The molecule has 112 valence electrons. The zero-order valence-electron chi connectivity index (χ0n) is 12.8. The average Bonchev–Trinajstić information content (AvgIpc) is 2.97. The minimum Gasteiger partial charge on any atom is -0.497 e. The Morgan fingerprint density at radius 3 is 2.57 bits per heavy atom. The standard InChI is InChI=1S/C16H20N2O2S/c1-5-11(2)15-14(10-19)21-16(17-15)18(3)12-6-8-13(20-4)9-7-12/h6-11H,5H2,1-4H3. The van der Waals surface area contributed by atoms with Crippen LogP contribution in [-0.2, 0) is 0 Å². The van der Waals surface area contributed by atoms with E-state index < -0.39 is 0 Å². The zero-order valence-corrected chi connectivity index (χ0v) is 13.6. The van der Waals surface area contributed by atoms with Gasteiger partial charge in [-0.15, -0.1) is 0 Å². The third-order valence-electron chi connectivity index (χ3n) is 3.60. The maximum atomic E-state index is 11.2. The van der Waals surface area contributed by atoms with Gasteiger partial charge in [-0.1, -0.05) is 25.2 Å². The molecule has 4 nitrogen and oxygen atoms in total. The Morgan fingerprint density at radius 1 is 1.38 bits per heavy atom. The first-order valence-electron chi connectivity index (χ1n) is 6.94. The molecule has 0 radical (unpaired) electrons. The van der Waals surface area contributed by atoms with Gasteiger partial charge in [0.2, 0.25) is 0 Å². The Kier molecular flexibility index (Phi) is 4.96. The number of benzene rings is 1. The van der Waals surface area contributed by atoms with Crippen molar-refractivity contribution in [3.63, 3.8) is 0 Å². The van der Waals surface area contributed by atoms with Crippen molar-refractivity contribution in [3.8, 4) is 5.75 Å². The van der Waals surface area contributed by atoms with E-state index in [2.05, 4.69) is 18.8 Å². The summed E-state index contributed by atoms with van der Waals surface area (Å²) in [6.07, 6.45) is 1.88. The van der Waals surface area contributed by atoms with E-state index in [1.807, 2.05) is 36.2 Å². The lowest BCUT2D eigenvalue weighted by atomic mass is 10.0. The van der Waals surface area contributed by atoms with Crippen LogP contribution in [0.25, 0.3) is 0 Å². The van der Waals surface area contributed by atoms with E-state index >= 15 is 0 Å². The quantitative estimate of drug-likeness (QED) is 0.748. The van der Waals surface area contributed by atoms with Crippen molar-refractivity contribution in [2.45, 2.75) is 26.2 Å². The van der Waals surface area contributed by atoms with Gasteiger partial charge in [-0.05, 0) is 36.6 Å². The second-order valence-corrected chi connectivity index (χ2v) is 5.94. The smallest absolute Gasteiger partial charge is 0.190 e. The number of rotatable bonds is 6. The highest BCUT2D eigenvalue weighted by Gasteiger charge is 2.18. The predicted molar refractivity (Wildman–Crippen MR) is 87.3 cm³/mol. The molecule has 1 aromatic carbocycles. The number of ether oxygens (including phenoxy) is 1. The van der Waals surface area contributed by atoms with Crippen LogP contribution >= 0.6 is 11.3 Å². The molecule has 0 saturated heterocycles.